The minimum absolute atomic E-state index is 0.796. The molecule has 0 unspecified atom stereocenters. The number of benzene rings is 1. The first-order valence-electron chi connectivity index (χ1n) is 6.95. The lowest BCUT2D eigenvalue weighted by atomic mass is 9.97. The van der Waals surface area contributed by atoms with Crippen molar-refractivity contribution in [2.75, 3.05) is 51.0 Å². The van der Waals surface area contributed by atoms with E-state index >= 15 is 0 Å². The third kappa shape index (κ3) is 4.11. The molecule has 0 saturated carbocycles. The number of nitrogens with zero attached hydrogens (tertiary/aromatic N) is 2. The summed E-state index contributed by atoms with van der Waals surface area (Å²) >= 11 is 3.55. The number of anilines is 2. The zero-order valence-corrected chi connectivity index (χ0v) is 13.7. The normalized spacial score (nSPS) is 17.5. The summed E-state index contributed by atoms with van der Waals surface area (Å²) < 4.78 is 1.13. The van der Waals surface area contributed by atoms with Crippen LogP contribution in [0.1, 0.15) is 12.8 Å². The van der Waals surface area contributed by atoms with Crippen LogP contribution in [0.2, 0.25) is 0 Å². The molecule has 19 heavy (non-hydrogen) atoms. The molecule has 1 aliphatic heterocycles. The summed E-state index contributed by atoms with van der Waals surface area (Å²) in [5.41, 5.74) is 2.47. The predicted octanol–water partition coefficient (Wildman–Crippen LogP) is 3.27. The molecule has 0 amide bonds. The average molecular weight is 326 g/mol. The molecule has 3 nitrogen and oxygen atoms in total. The maximum Gasteiger partial charge on any atom is 0.0597 e. The molecule has 0 spiro atoms. The standard InChI is InChI=1S/C15H24BrN3/c1-18(2)15-5-4-13(16)10-14(15)17-11-12-6-8-19(3)9-7-12/h4-5,10,12,17H,6-9,11H2,1-3H3. The Balaban J connectivity index is 1.97. The van der Waals surface area contributed by atoms with Crippen molar-refractivity contribution in [2.24, 2.45) is 5.92 Å². The van der Waals surface area contributed by atoms with Crippen LogP contribution in [0.15, 0.2) is 22.7 Å². The van der Waals surface area contributed by atoms with Gasteiger partial charge in [0, 0.05) is 25.1 Å². The summed E-state index contributed by atoms with van der Waals surface area (Å²) in [7, 11) is 6.38. The summed E-state index contributed by atoms with van der Waals surface area (Å²) in [6.45, 7) is 3.53. The fourth-order valence-corrected chi connectivity index (χ4v) is 2.92. The van der Waals surface area contributed by atoms with E-state index in [1.165, 1.54) is 37.3 Å². The third-order valence-electron chi connectivity index (χ3n) is 3.86. The van der Waals surface area contributed by atoms with E-state index in [1.54, 1.807) is 0 Å². The number of halogens is 1. The smallest absolute Gasteiger partial charge is 0.0597 e. The number of hydrogen-bond acceptors (Lipinski definition) is 3. The van der Waals surface area contributed by atoms with E-state index in [4.69, 9.17) is 0 Å². The van der Waals surface area contributed by atoms with E-state index in [0.717, 1.165) is 16.9 Å². The number of nitrogens with one attached hydrogen (secondary N) is 1. The predicted molar refractivity (Wildman–Crippen MR) is 87.2 cm³/mol. The van der Waals surface area contributed by atoms with Gasteiger partial charge in [-0.25, -0.2) is 0 Å². The van der Waals surface area contributed by atoms with Crippen LogP contribution >= 0.6 is 15.9 Å². The van der Waals surface area contributed by atoms with Crippen molar-refractivity contribution in [3.05, 3.63) is 22.7 Å². The summed E-state index contributed by atoms with van der Waals surface area (Å²) in [6, 6.07) is 6.42. The summed E-state index contributed by atoms with van der Waals surface area (Å²) in [5, 5.41) is 3.63. The van der Waals surface area contributed by atoms with Crippen LogP contribution in [0.25, 0.3) is 0 Å². The fourth-order valence-electron chi connectivity index (χ4n) is 2.56. The highest BCUT2D eigenvalue weighted by Gasteiger charge is 2.16. The molecule has 1 aromatic carbocycles. The van der Waals surface area contributed by atoms with Gasteiger partial charge in [0.25, 0.3) is 0 Å². The van der Waals surface area contributed by atoms with Gasteiger partial charge in [-0.3, -0.25) is 0 Å². The van der Waals surface area contributed by atoms with Gasteiger partial charge in [0.1, 0.15) is 0 Å². The summed E-state index contributed by atoms with van der Waals surface area (Å²) in [6.07, 6.45) is 2.60. The van der Waals surface area contributed by atoms with Crippen LogP contribution in [-0.4, -0.2) is 45.7 Å². The highest BCUT2D eigenvalue weighted by Crippen LogP contribution is 2.28. The summed E-state index contributed by atoms with van der Waals surface area (Å²) in [4.78, 5) is 4.57. The van der Waals surface area contributed by atoms with Gasteiger partial charge in [0.05, 0.1) is 11.4 Å². The molecule has 0 atom stereocenters. The molecule has 2 rings (SSSR count). The lowest BCUT2D eigenvalue weighted by molar-refractivity contribution is 0.226. The second-order valence-corrected chi connectivity index (χ2v) is 6.60. The van der Waals surface area contributed by atoms with Crippen LogP contribution in [0.3, 0.4) is 0 Å². The maximum atomic E-state index is 3.63. The van der Waals surface area contributed by atoms with E-state index < -0.39 is 0 Å². The highest BCUT2D eigenvalue weighted by molar-refractivity contribution is 9.10. The van der Waals surface area contributed by atoms with Crippen LogP contribution in [0.4, 0.5) is 11.4 Å². The topological polar surface area (TPSA) is 18.5 Å². The lowest BCUT2D eigenvalue weighted by Crippen LogP contribution is -2.33. The highest BCUT2D eigenvalue weighted by atomic mass is 79.9. The van der Waals surface area contributed by atoms with E-state index in [2.05, 4.69) is 70.4 Å². The second-order valence-electron chi connectivity index (χ2n) is 5.68. The lowest BCUT2D eigenvalue weighted by Gasteiger charge is -2.29. The van der Waals surface area contributed by atoms with Crippen molar-refractivity contribution in [2.45, 2.75) is 12.8 Å². The van der Waals surface area contributed by atoms with Crippen LogP contribution < -0.4 is 10.2 Å². The van der Waals surface area contributed by atoms with E-state index in [1.807, 2.05) is 0 Å². The fraction of sp³-hybridized carbons (Fsp3) is 0.600. The Morgan fingerprint density at radius 1 is 1.32 bits per heavy atom. The molecule has 1 aliphatic rings. The molecule has 1 saturated heterocycles. The Bertz CT molecular complexity index is 412. The second kappa shape index (κ2) is 6.62. The quantitative estimate of drug-likeness (QED) is 0.916. The molecule has 0 bridgehead atoms. The average Bonchev–Trinajstić information content (AvgIpc) is 2.38. The maximum absolute atomic E-state index is 3.63. The van der Waals surface area contributed by atoms with Crippen molar-refractivity contribution in [3.63, 3.8) is 0 Å². The van der Waals surface area contributed by atoms with Gasteiger partial charge in [0.15, 0.2) is 0 Å². The van der Waals surface area contributed by atoms with Crippen LogP contribution in [0, 0.1) is 5.92 Å². The van der Waals surface area contributed by atoms with Gasteiger partial charge in [-0.2, -0.15) is 0 Å². The molecule has 0 radical (unpaired) electrons. The first-order chi connectivity index (χ1) is 9.06. The molecule has 1 N–H and O–H groups in total. The zero-order chi connectivity index (χ0) is 13.8. The zero-order valence-electron chi connectivity index (χ0n) is 12.1. The van der Waals surface area contributed by atoms with Crippen molar-refractivity contribution < 1.29 is 0 Å². The Kier molecular flexibility index (Phi) is 5.11. The van der Waals surface area contributed by atoms with Crippen molar-refractivity contribution >= 4 is 27.3 Å². The minimum Gasteiger partial charge on any atom is -0.383 e. The van der Waals surface area contributed by atoms with Gasteiger partial charge in [-0.05, 0) is 57.1 Å². The minimum atomic E-state index is 0.796. The largest absolute Gasteiger partial charge is 0.383 e. The van der Waals surface area contributed by atoms with Crippen molar-refractivity contribution in [3.8, 4) is 0 Å². The molecule has 1 aromatic rings. The third-order valence-corrected chi connectivity index (χ3v) is 4.35. The monoisotopic (exact) mass is 325 g/mol. The molecule has 4 heteroatoms. The molecule has 1 fully saturated rings. The van der Waals surface area contributed by atoms with Crippen molar-refractivity contribution in [1.82, 2.24) is 4.90 Å². The molecule has 0 aliphatic carbocycles. The molecular weight excluding hydrogens is 302 g/mol. The number of hydrogen-bond donors (Lipinski definition) is 1. The number of piperidine rings is 1. The number of likely N-dealkylation sites (tertiary alicyclic amines) is 1. The first kappa shape index (κ1) is 14.7. The van der Waals surface area contributed by atoms with E-state index in [-0.39, 0.29) is 0 Å². The Hall–Kier alpha value is -0.740. The summed E-state index contributed by atoms with van der Waals surface area (Å²) in [5.74, 6) is 0.796. The Morgan fingerprint density at radius 2 is 2.00 bits per heavy atom. The molecule has 0 aromatic heterocycles. The first-order valence-corrected chi connectivity index (χ1v) is 7.75. The Morgan fingerprint density at radius 3 is 2.63 bits per heavy atom. The van der Waals surface area contributed by atoms with Crippen LogP contribution in [0.5, 0.6) is 0 Å². The number of rotatable bonds is 4. The SMILES string of the molecule is CN1CCC(CNc2cc(Br)ccc2N(C)C)CC1. The molecule has 106 valence electrons. The van der Waals surface area contributed by atoms with Crippen LogP contribution in [-0.2, 0) is 0 Å². The van der Waals surface area contributed by atoms with Gasteiger partial charge in [-0.1, -0.05) is 15.9 Å². The van der Waals surface area contributed by atoms with Crippen molar-refractivity contribution in [1.29, 1.82) is 0 Å². The van der Waals surface area contributed by atoms with E-state index in [0.29, 0.717) is 0 Å². The molecular formula is C15H24BrN3. The van der Waals surface area contributed by atoms with Gasteiger partial charge >= 0.3 is 0 Å². The van der Waals surface area contributed by atoms with Gasteiger partial charge < -0.3 is 15.1 Å². The van der Waals surface area contributed by atoms with E-state index in [9.17, 15) is 0 Å². The van der Waals surface area contributed by atoms with Gasteiger partial charge in [0.2, 0.25) is 0 Å². The van der Waals surface area contributed by atoms with Gasteiger partial charge in [-0.15, -0.1) is 0 Å². The Labute approximate surface area is 125 Å². The molecule has 1 heterocycles.